The fourth-order valence-corrected chi connectivity index (χ4v) is 1.46. The van der Waals surface area contributed by atoms with Crippen LogP contribution in [0.3, 0.4) is 0 Å². The van der Waals surface area contributed by atoms with Gasteiger partial charge < -0.3 is 19.9 Å². The van der Waals surface area contributed by atoms with Gasteiger partial charge in [0.15, 0.2) is 11.5 Å². The molecule has 0 spiro atoms. The highest BCUT2D eigenvalue weighted by Crippen LogP contribution is 2.27. The van der Waals surface area contributed by atoms with Crippen LogP contribution in [0.15, 0.2) is 41.2 Å². The van der Waals surface area contributed by atoms with E-state index in [1.807, 2.05) is 6.07 Å². The van der Waals surface area contributed by atoms with E-state index in [9.17, 15) is 10.2 Å². The second-order valence-corrected chi connectivity index (χ2v) is 3.52. The van der Waals surface area contributed by atoms with Crippen LogP contribution in [0, 0.1) is 0 Å². The molecule has 0 amide bonds. The molecule has 84 valence electrons. The number of para-hydroxylation sites is 1. The zero-order valence-corrected chi connectivity index (χ0v) is 8.68. The summed E-state index contributed by atoms with van der Waals surface area (Å²) in [6.45, 7) is 1.15. The Hall–Kier alpha value is -1.94. The molecule has 4 heteroatoms. The van der Waals surface area contributed by atoms with Crippen molar-refractivity contribution in [2.24, 2.45) is 0 Å². The first-order valence-electron chi connectivity index (χ1n) is 4.99. The topological polar surface area (TPSA) is 65.6 Å². The molecule has 2 rings (SSSR count). The van der Waals surface area contributed by atoms with Crippen molar-refractivity contribution in [1.82, 2.24) is 5.32 Å². The van der Waals surface area contributed by atoms with Gasteiger partial charge in [0.05, 0.1) is 12.5 Å². The van der Waals surface area contributed by atoms with E-state index in [1.54, 1.807) is 24.7 Å². The maximum atomic E-state index is 9.55. The molecular formula is C12H13NO3. The molecule has 4 nitrogen and oxygen atoms in total. The van der Waals surface area contributed by atoms with Crippen LogP contribution in [0.2, 0.25) is 0 Å². The molecule has 0 saturated heterocycles. The molecule has 3 N–H and O–H groups in total. The summed E-state index contributed by atoms with van der Waals surface area (Å²) in [6.07, 6.45) is 3.28. The number of benzene rings is 1. The largest absolute Gasteiger partial charge is 0.504 e. The minimum atomic E-state index is -0.0948. The smallest absolute Gasteiger partial charge is 0.161 e. The normalized spacial score (nSPS) is 10.5. The van der Waals surface area contributed by atoms with Gasteiger partial charge in [0, 0.05) is 24.2 Å². The van der Waals surface area contributed by atoms with Gasteiger partial charge in [0.25, 0.3) is 0 Å². The van der Waals surface area contributed by atoms with E-state index in [-0.39, 0.29) is 11.5 Å². The van der Waals surface area contributed by atoms with Crippen LogP contribution in [0.1, 0.15) is 11.1 Å². The van der Waals surface area contributed by atoms with Gasteiger partial charge >= 0.3 is 0 Å². The quantitative estimate of drug-likeness (QED) is 0.688. The summed E-state index contributed by atoms with van der Waals surface area (Å²) < 4.78 is 4.93. The maximum Gasteiger partial charge on any atom is 0.161 e. The van der Waals surface area contributed by atoms with Crippen molar-refractivity contribution in [1.29, 1.82) is 0 Å². The average molecular weight is 219 g/mol. The van der Waals surface area contributed by atoms with E-state index in [4.69, 9.17) is 4.42 Å². The monoisotopic (exact) mass is 219 g/mol. The van der Waals surface area contributed by atoms with Crippen molar-refractivity contribution < 1.29 is 14.6 Å². The van der Waals surface area contributed by atoms with Crippen molar-refractivity contribution in [3.05, 3.63) is 47.9 Å². The lowest BCUT2D eigenvalue weighted by Crippen LogP contribution is -2.12. The lowest BCUT2D eigenvalue weighted by atomic mass is 10.2. The third-order valence-electron chi connectivity index (χ3n) is 2.32. The molecule has 2 aromatic rings. The molecule has 0 unspecified atom stereocenters. The van der Waals surface area contributed by atoms with Crippen LogP contribution < -0.4 is 5.32 Å². The number of furan rings is 1. The summed E-state index contributed by atoms with van der Waals surface area (Å²) >= 11 is 0. The second-order valence-electron chi connectivity index (χ2n) is 3.52. The molecule has 1 aromatic carbocycles. The van der Waals surface area contributed by atoms with Gasteiger partial charge in [-0.1, -0.05) is 12.1 Å². The molecule has 1 heterocycles. The molecule has 1 aromatic heterocycles. The fourth-order valence-electron chi connectivity index (χ4n) is 1.46. The molecule has 0 bridgehead atoms. The van der Waals surface area contributed by atoms with Crippen molar-refractivity contribution in [2.75, 3.05) is 0 Å². The standard InChI is InChI=1S/C12H13NO3/c14-11-3-1-2-10(12(11)15)7-13-6-9-4-5-16-8-9/h1-5,8,13-15H,6-7H2. The number of rotatable bonds is 4. The summed E-state index contributed by atoms with van der Waals surface area (Å²) in [4.78, 5) is 0. The SMILES string of the molecule is Oc1cccc(CNCc2ccoc2)c1O. The molecule has 0 radical (unpaired) electrons. The summed E-state index contributed by atoms with van der Waals surface area (Å²) in [6, 6.07) is 6.78. The van der Waals surface area contributed by atoms with Crippen molar-refractivity contribution >= 4 is 0 Å². The highest BCUT2D eigenvalue weighted by atomic mass is 16.3. The van der Waals surface area contributed by atoms with Crippen LogP contribution in [-0.2, 0) is 13.1 Å². The van der Waals surface area contributed by atoms with Crippen LogP contribution in [0.25, 0.3) is 0 Å². The number of phenols is 2. The predicted molar refractivity (Wildman–Crippen MR) is 59.0 cm³/mol. The van der Waals surface area contributed by atoms with Gasteiger partial charge in [-0.3, -0.25) is 0 Å². The molecule has 0 atom stereocenters. The Morgan fingerprint density at radius 3 is 2.75 bits per heavy atom. The number of hydrogen-bond acceptors (Lipinski definition) is 4. The molecule has 0 fully saturated rings. The van der Waals surface area contributed by atoms with Gasteiger partial charge in [0.2, 0.25) is 0 Å². The van der Waals surface area contributed by atoms with Crippen molar-refractivity contribution in [2.45, 2.75) is 13.1 Å². The van der Waals surface area contributed by atoms with Crippen LogP contribution in [0.5, 0.6) is 11.5 Å². The number of nitrogens with one attached hydrogen (secondary N) is 1. The van der Waals surface area contributed by atoms with Gasteiger partial charge in [-0.05, 0) is 12.1 Å². The van der Waals surface area contributed by atoms with Gasteiger partial charge in [-0.2, -0.15) is 0 Å². The van der Waals surface area contributed by atoms with E-state index in [2.05, 4.69) is 5.32 Å². The minimum Gasteiger partial charge on any atom is -0.504 e. The second kappa shape index (κ2) is 4.72. The van der Waals surface area contributed by atoms with E-state index in [1.165, 1.54) is 6.07 Å². The maximum absolute atomic E-state index is 9.55. The first-order valence-corrected chi connectivity index (χ1v) is 4.99. The van der Waals surface area contributed by atoms with E-state index >= 15 is 0 Å². The number of hydrogen-bond donors (Lipinski definition) is 3. The van der Waals surface area contributed by atoms with Crippen molar-refractivity contribution in [3.8, 4) is 11.5 Å². The molecule has 16 heavy (non-hydrogen) atoms. The average Bonchev–Trinajstić information content (AvgIpc) is 2.77. The molecular weight excluding hydrogens is 206 g/mol. The third kappa shape index (κ3) is 2.35. The summed E-state index contributed by atoms with van der Waals surface area (Å²) in [5.41, 5.74) is 1.71. The van der Waals surface area contributed by atoms with E-state index < -0.39 is 0 Å². The Morgan fingerprint density at radius 1 is 1.12 bits per heavy atom. The third-order valence-corrected chi connectivity index (χ3v) is 2.32. The lowest BCUT2D eigenvalue weighted by Gasteiger charge is -2.06. The Morgan fingerprint density at radius 2 is 2.00 bits per heavy atom. The summed E-state index contributed by atoms with van der Waals surface area (Å²) in [5, 5.41) is 22.0. The number of phenolic OH excluding ortho intramolecular Hbond substituents is 2. The Balaban J connectivity index is 1.92. The van der Waals surface area contributed by atoms with Crippen LogP contribution in [-0.4, -0.2) is 10.2 Å². The van der Waals surface area contributed by atoms with Crippen molar-refractivity contribution in [3.63, 3.8) is 0 Å². The highest BCUT2D eigenvalue weighted by molar-refractivity contribution is 5.44. The van der Waals surface area contributed by atoms with Gasteiger partial charge in [0.1, 0.15) is 0 Å². The molecule has 0 aliphatic heterocycles. The highest BCUT2D eigenvalue weighted by Gasteiger charge is 2.04. The minimum absolute atomic E-state index is 0.0674. The summed E-state index contributed by atoms with van der Waals surface area (Å²) in [5.74, 6) is -0.162. The van der Waals surface area contributed by atoms with Crippen LogP contribution >= 0.6 is 0 Å². The van der Waals surface area contributed by atoms with E-state index in [0.29, 0.717) is 18.7 Å². The van der Waals surface area contributed by atoms with E-state index in [0.717, 1.165) is 5.56 Å². The lowest BCUT2D eigenvalue weighted by molar-refractivity contribution is 0.397. The van der Waals surface area contributed by atoms with Gasteiger partial charge in [-0.25, -0.2) is 0 Å². The molecule has 0 aliphatic rings. The fraction of sp³-hybridized carbons (Fsp3) is 0.167. The number of aromatic hydroxyl groups is 2. The molecule has 0 saturated carbocycles. The first-order chi connectivity index (χ1) is 7.77. The Labute approximate surface area is 93.2 Å². The zero-order valence-electron chi connectivity index (χ0n) is 8.68. The zero-order chi connectivity index (χ0) is 11.4. The van der Waals surface area contributed by atoms with Crippen LogP contribution in [0.4, 0.5) is 0 Å². The van der Waals surface area contributed by atoms with Gasteiger partial charge in [-0.15, -0.1) is 0 Å². The first kappa shape index (κ1) is 10.6. The predicted octanol–water partition coefficient (Wildman–Crippen LogP) is 1.98. The Bertz CT molecular complexity index is 451. The summed E-state index contributed by atoms with van der Waals surface area (Å²) in [7, 11) is 0. The molecule has 0 aliphatic carbocycles. The Kier molecular flexibility index (Phi) is 3.12.